The number of benzene rings is 3. The van der Waals surface area contributed by atoms with E-state index in [4.69, 9.17) is 0 Å². The SMILES string of the molecule is O=[N+]([O-])c1cccc(S(=O)(=O)Nc2c(O)cc(S(=O)(=O)O)c3ccccc23)c1. The van der Waals surface area contributed by atoms with Crippen molar-refractivity contribution in [1.82, 2.24) is 0 Å². The maximum absolute atomic E-state index is 12.6. The maximum Gasteiger partial charge on any atom is 0.295 e. The Kier molecular flexibility index (Phi) is 4.71. The number of non-ortho nitro benzene ring substituents is 1. The number of nitrogens with one attached hydrogen (secondary N) is 1. The zero-order valence-electron chi connectivity index (χ0n) is 13.8. The zero-order valence-corrected chi connectivity index (χ0v) is 15.4. The van der Waals surface area contributed by atoms with Gasteiger partial charge in [-0.25, -0.2) is 8.42 Å². The monoisotopic (exact) mass is 424 g/mol. The van der Waals surface area contributed by atoms with Crippen LogP contribution < -0.4 is 4.72 Å². The van der Waals surface area contributed by atoms with Gasteiger partial charge in [-0.15, -0.1) is 0 Å². The van der Waals surface area contributed by atoms with Crippen molar-refractivity contribution in [2.75, 3.05) is 4.72 Å². The zero-order chi connectivity index (χ0) is 20.7. The molecule has 0 aliphatic heterocycles. The maximum atomic E-state index is 12.6. The van der Waals surface area contributed by atoms with Crippen molar-refractivity contribution >= 4 is 42.3 Å². The minimum Gasteiger partial charge on any atom is -0.506 e. The molecule has 0 saturated heterocycles. The average Bonchev–Trinajstić information content (AvgIpc) is 2.63. The Bertz CT molecular complexity index is 1320. The van der Waals surface area contributed by atoms with Gasteiger partial charge in [-0.1, -0.05) is 30.3 Å². The minimum absolute atomic E-state index is 0.00382. The van der Waals surface area contributed by atoms with Crippen LogP contribution in [0.15, 0.2) is 64.4 Å². The van der Waals surface area contributed by atoms with Gasteiger partial charge in [-0.05, 0) is 6.07 Å². The molecule has 3 N–H and O–H groups in total. The third kappa shape index (κ3) is 3.60. The lowest BCUT2D eigenvalue weighted by Gasteiger charge is -2.14. The van der Waals surface area contributed by atoms with Gasteiger partial charge in [-0.3, -0.25) is 19.4 Å². The summed E-state index contributed by atoms with van der Waals surface area (Å²) < 4.78 is 59.9. The van der Waals surface area contributed by atoms with Crippen molar-refractivity contribution in [3.63, 3.8) is 0 Å². The van der Waals surface area contributed by atoms with Crippen LogP contribution in [0.5, 0.6) is 5.75 Å². The molecule has 0 aliphatic carbocycles. The van der Waals surface area contributed by atoms with Crippen LogP contribution in [0.3, 0.4) is 0 Å². The van der Waals surface area contributed by atoms with Gasteiger partial charge in [0, 0.05) is 29.0 Å². The number of nitro groups is 1. The molecule has 0 aromatic heterocycles. The van der Waals surface area contributed by atoms with Crippen molar-refractivity contribution in [3.05, 3.63) is 64.7 Å². The molecular weight excluding hydrogens is 412 g/mol. The van der Waals surface area contributed by atoms with Crippen molar-refractivity contribution in [2.24, 2.45) is 0 Å². The molecule has 0 saturated carbocycles. The molecular formula is C16H12N2O8S2. The Morgan fingerprint density at radius 2 is 1.57 bits per heavy atom. The van der Waals surface area contributed by atoms with Gasteiger partial charge in [0.2, 0.25) is 0 Å². The van der Waals surface area contributed by atoms with Crippen LogP contribution in [-0.2, 0) is 20.1 Å². The lowest BCUT2D eigenvalue weighted by molar-refractivity contribution is -0.385. The molecule has 146 valence electrons. The molecule has 0 bridgehead atoms. The summed E-state index contributed by atoms with van der Waals surface area (Å²) in [5, 5.41) is 21.0. The van der Waals surface area contributed by atoms with Crippen LogP contribution in [0.4, 0.5) is 11.4 Å². The van der Waals surface area contributed by atoms with Crippen molar-refractivity contribution < 1.29 is 31.4 Å². The van der Waals surface area contributed by atoms with Gasteiger partial charge in [0.1, 0.15) is 10.6 Å². The van der Waals surface area contributed by atoms with Gasteiger partial charge >= 0.3 is 0 Å². The first kappa shape index (κ1) is 19.5. The van der Waals surface area contributed by atoms with Crippen molar-refractivity contribution in [1.29, 1.82) is 0 Å². The fraction of sp³-hybridized carbons (Fsp3) is 0. The van der Waals surface area contributed by atoms with Gasteiger partial charge in [0.25, 0.3) is 25.8 Å². The molecule has 3 rings (SSSR count). The molecule has 28 heavy (non-hydrogen) atoms. The Balaban J connectivity index is 2.19. The van der Waals surface area contributed by atoms with Gasteiger partial charge in [0.15, 0.2) is 0 Å². The summed E-state index contributed by atoms with van der Waals surface area (Å²) in [5.41, 5.74) is -0.784. The van der Waals surface area contributed by atoms with E-state index in [0.29, 0.717) is 6.07 Å². The van der Waals surface area contributed by atoms with Crippen LogP contribution in [-0.4, -0.2) is 31.4 Å². The van der Waals surface area contributed by atoms with E-state index in [1.807, 2.05) is 0 Å². The molecule has 0 unspecified atom stereocenters. The molecule has 0 spiro atoms. The first-order valence-corrected chi connectivity index (χ1v) is 10.4. The highest BCUT2D eigenvalue weighted by atomic mass is 32.2. The van der Waals surface area contributed by atoms with Crippen molar-refractivity contribution in [2.45, 2.75) is 9.79 Å². The fourth-order valence-electron chi connectivity index (χ4n) is 2.61. The molecule has 0 amide bonds. The molecule has 0 heterocycles. The number of hydrogen-bond acceptors (Lipinski definition) is 7. The third-order valence-corrected chi connectivity index (χ3v) is 6.08. The Morgan fingerprint density at radius 1 is 0.929 bits per heavy atom. The molecule has 10 nitrogen and oxygen atoms in total. The second kappa shape index (κ2) is 6.74. The quantitative estimate of drug-likeness (QED) is 0.243. The van der Waals surface area contributed by atoms with E-state index < -0.39 is 46.3 Å². The molecule has 0 radical (unpaired) electrons. The number of fused-ring (bicyclic) bond motifs is 1. The van der Waals surface area contributed by atoms with Gasteiger partial charge in [-0.2, -0.15) is 8.42 Å². The molecule has 0 aliphatic rings. The predicted molar refractivity (Wildman–Crippen MR) is 99.3 cm³/mol. The summed E-state index contributed by atoms with van der Waals surface area (Å²) in [5.74, 6) is -0.750. The summed E-state index contributed by atoms with van der Waals surface area (Å²) in [6, 6.07) is 10.6. The van der Waals surface area contributed by atoms with E-state index in [-0.39, 0.29) is 16.5 Å². The van der Waals surface area contributed by atoms with E-state index in [9.17, 15) is 36.6 Å². The number of phenolic OH excluding ortho intramolecular Hbond substituents is 1. The van der Waals surface area contributed by atoms with E-state index in [2.05, 4.69) is 4.72 Å². The number of nitro benzene ring substituents is 1. The van der Waals surface area contributed by atoms with E-state index in [1.54, 1.807) is 0 Å². The number of hydrogen-bond donors (Lipinski definition) is 3. The summed E-state index contributed by atoms with van der Waals surface area (Å²) in [6.45, 7) is 0. The summed E-state index contributed by atoms with van der Waals surface area (Å²) in [7, 11) is -9.05. The summed E-state index contributed by atoms with van der Waals surface area (Å²) in [4.78, 5) is 9.09. The lowest BCUT2D eigenvalue weighted by atomic mass is 10.1. The summed E-state index contributed by atoms with van der Waals surface area (Å²) in [6.07, 6.45) is 0. The van der Waals surface area contributed by atoms with Crippen LogP contribution in [0.1, 0.15) is 0 Å². The number of sulfonamides is 1. The van der Waals surface area contributed by atoms with E-state index in [0.717, 1.165) is 18.2 Å². The molecule has 12 heteroatoms. The first-order chi connectivity index (χ1) is 13.0. The second-order valence-corrected chi connectivity index (χ2v) is 8.72. The van der Waals surface area contributed by atoms with Crippen LogP contribution in [0.25, 0.3) is 10.8 Å². The second-order valence-electron chi connectivity index (χ2n) is 5.65. The molecule has 3 aromatic rings. The Labute approximate surface area is 159 Å². The highest BCUT2D eigenvalue weighted by molar-refractivity contribution is 7.92. The summed E-state index contributed by atoms with van der Waals surface area (Å²) >= 11 is 0. The molecule has 0 fully saturated rings. The Hall–Kier alpha value is -3.22. The van der Waals surface area contributed by atoms with E-state index in [1.165, 1.54) is 30.3 Å². The minimum atomic E-state index is -4.69. The van der Waals surface area contributed by atoms with Crippen LogP contribution in [0.2, 0.25) is 0 Å². The van der Waals surface area contributed by atoms with E-state index >= 15 is 0 Å². The van der Waals surface area contributed by atoms with Gasteiger partial charge < -0.3 is 5.11 Å². The highest BCUT2D eigenvalue weighted by Gasteiger charge is 2.24. The fourth-order valence-corrected chi connectivity index (χ4v) is 4.46. The van der Waals surface area contributed by atoms with Crippen LogP contribution in [0, 0.1) is 10.1 Å². The Morgan fingerprint density at radius 3 is 2.18 bits per heavy atom. The standard InChI is InChI=1S/C16H12N2O8S2/c19-14-9-15(28(24,25)26)12-6-1-2-7-13(12)16(14)17-27(22,23)11-5-3-4-10(8-11)18(20)21/h1-9,17,19H,(H,24,25,26). The first-order valence-electron chi connectivity index (χ1n) is 7.50. The number of aromatic hydroxyl groups is 1. The van der Waals surface area contributed by atoms with Crippen molar-refractivity contribution in [3.8, 4) is 5.75 Å². The third-order valence-electron chi connectivity index (χ3n) is 3.84. The molecule has 3 aromatic carbocycles. The lowest BCUT2D eigenvalue weighted by Crippen LogP contribution is -2.14. The number of anilines is 1. The van der Waals surface area contributed by atoms with Gasteiger partial charge in [0.05, 0.1) is 15.5 Å². The number of rotatable bonds is 5. The predicted octanol–water partition coefficient (Wildman–Crippen LogP) is 2.50. The number of phenols is 1. The smallest absolute Gasteiger partial charge is 0.295 e. The molecule has 0 atom stereocenters. The highest BCUT2D eigenvalue weighted by Crippen LogP contribution is 2.38. The number of nitrogens with zero attached hydrogens (tertiary/aromatic N) is 1. The topological polar surface area (TPSA) is 164 Å². The van der Waals surface area contributed by atoms with Crippen LogP contribution >= 0.6 is 0 Å². The largest absolute Gasteiger partial charge is 0.506 e. The normalized spacial score (nSPS) is 12.0. The average molecular weight is 424 g/mol.